The molecule has 0 bridgehead atoms. The van der Waals surface area contributed by atoms with E-state index in [4.69, 9.17) is 11.6 Å². The van der Waals surface area contributed by atoms with E-state index in [0.717, 1.165) is 52.1 Å². The summed E-state index contributed by atoms with van der Waals surface area (Å²) >= 11 is 5.82. The molecule has 1 atom stereocenters. The van der Waals surface area contributed by atoms with Gasteiger partial charge in [0.1, 0.15) is 0 Å². The molecule has 2 rings (SSSR count). The second kappa shape index (κ2) is 8.11. The topological polar surface area (TPSA) is 43.9 Å². The molecule has 2 saturated heterocycles. The Hall–Kier alpha value is 0.120. The molecule has 0 saturated carbocycles. The van der Waals surface area contributed by atoms with Gasteiger partial charge in [-0.15, -0.1) is 11.6 Å². The van der Waals surface area contributed by atoms with Gasteiger partial charge in [0.15, 0.2) is 0 Å². The van der Waals surface area contributed by atoms with Crippen molar-refractivity contribution in [3.63, 3.8) is 0 Å². The summed E-state index contributed by atoms with van der Waals surface area (Å²) in [6, 6.07) is 0. The average molecular weight is 338 g/mol. The molecular formula is C14H28ClN3O2S. The van der Waals surface area contributed by atoms with Crippen LogP contribution in [0.1, 0.15) is 19.3 Å². The third-order valence-electron chi connectivity index (χ3n) is 4.55. The predicted octanol–water partition coefficient (Wildman–Crippen LogP) is 0.905. The largest absolute Gasteiger partial charge is 0.302 e. The molecule has 0 aromatic rings. The third kappa shape index (κ3) is 5.67. The molecule has 5 nitrogen and oxygen atoms in total. The lowest BCUT2D eigenvalue weighted by atomic mass is 9.99. The minimum atomic E-state index is -3.03. The quantitative estimate of drug-likeness (QED) is 0.699. The SMILES string of the molecule is CS(=O)(=O)N1CCCC(CN2CCCN(CCCl)CC2)C1. The molecule has 21 heavy (non-hydrogen) atoms. The van der Waals surface area contributed by atoms with E-state index in [0.29, 0.717) is 24.9 Å². The standard InChI is InChI=1S/C14H28ClN3O2S/c1-21(19,20)18-8-2-4-14(13-18)12-17-7-3-6-16(9-5-15)10-11-17/h14H,2-13H2,1H3. The van der Waals surface area contributed by atoms with Crippen molar-refractivity contribution in [2.45, 2.75) is 19.3 Å². The fourth-order valence-corrected chi connectivity index (χ4v) is 4.57. The molecule has 0 spiro atoms. The van der Waals surface area contributed by atoms with E-state index in [1.165, 1.54) is 12.7 Å². The van der Waals surface area contributed by atoms with Gasteiger partial charge in [0.2, 0.25) is 10.0 Å². The smallest absolute Gasteiger partial charge is 0.211 e. The van der Waals surface area contributed by atoms with Crippen LogP contribution in [0.3, 0.4) is 0 Å². The Morgan fingerprint density at radius 2 is 1.76 bits per heavy atom. The lowest BCUT2D eigenvalue weighted by Crippen LogP contribution is -2.44. The van der Waals surface area contributed by atoms with Crippen LogP contribution in [-0.4, -0.2) is 87.0 Å². The van der Waals surface area contributed by atoms with E-state index in [2.05, 4.69) is 9.80 Å². The van der Waals surface area contributed by atoms with Crippen LogP contribution in [0, 0.1) is 5.92 Å². The van der Waals surface area contributed by atoms with Crippen LogP contribution in [0.25, 0.3) is 0 Å². The van der Waals surface area contributed by atoms with Crippen molar-refractivity contribution < 1.29 is 8.42 Å². The maximum Gasteiger partial charge on any atom is 0.211 e. The highest BCUT2D eigenvalue weighted by molar-refractivity contribution is 7.88. The van der Waals surface area contributed by atoms with E-state index in [9.17, 15) is 8.42 Å². The van der Waals surface area contributed by atoms with Gasteiger partial charge in [0.25, 0.3) is 0 Å². The maximum absolute atomic E-state index is 11.7. The number of sulfonamides is 1. The lowest BCUT2D eigenvalue weighted by molar-refractivity contribution is 0.180. The Bertz CT molecular complexity index is 418. The van der Waals surface area contributed by atoms with E-state index in [1.807, 2.05) is 0 Å². The van der Waals surface area contributed by atoms with Gasteiger partial charge in [-0.1, -0.05) is 0 Å². The molecule has 124 valence electrons. The van der Waals surface area contributed by atoms with Gasteiger partial charge in [-0.25, -0.2) is 12.7 Å². The summed E-state index contributed by atoms with van der Waals surface area (Å²) in [6.45, 7) is 7.79. The van der Waals surface area contributed by atoms with Gasteiger partial charge in [0, 0.05) is 45.1 Å². The summed E-state index contributed by atoms with van der Waals surface area (Å²) in [5.74, 6) is 1.18. The summed E-state index contributed by atoms with van der Waals surface area (Å²) in [5.41, 5.74) is 0. The zero-order chi connectivity index (χ0) is 15.3. The number of piperidine rings is 1. The Kier molecular flexibility index (Phi) is 6.75. The summed E-state index contributed by atoms with van der Waals surface area (Å²) in [6.07, 6.45) is 4.64. The van der Waals surface area contributed by atoms with Crippen LogP contribution in [0.2, 0.25) is 0 Å². The van der Waals surface area contributed by atoms with Crippen LogP contribution < -0.4 is 0 Å². The normalized spacial score (nSPS) is 27.6. The molecule has 7 heteroatoms. The zero-order valence-corrected chi connectivity index (χ0v) is 14.6. The Morgan fingerprint density at radius 1 is 1.05 bits per heavy atom. The maximum atomic E-state index is 11.7. The Balaban J connectivity index is 1.81. The van der Waals surface area contributed by atoms with E-state index in [1.54, 1.807) is 4.31 Å². The van der Waals surface area contributed by atoms with Crippen LogP contribution >= 0.6 is 11.6 Å². The molecule has 0 N–H and O–H groups in total. The van der Waals surface area contributed by atoms with Crippen LogP contribution in [0.4, 0.5) is 0 Å². The van der Waals surface area contributed by atoms with E-state index < -0.39 is 10.0 Å². The van der Waals surface area contributed by atoms with Gasteiger partial charge in [-0.3, -0.25) is 0 Å². The number of nitrogens with zero attached hydrogens (tertiary/aromatic N) is 3. The van der Waals surface area contributed by atoms with Gasteiger partial charge in [0.05, 0.1) is 6.26 Å². The minimum Gasteiger partial charge on any atom is -0.302 e. The molecule has 0 amide bonds. The van der Waals surface area contributed by atoms with Crippen molar-refractivity contribution in [1.82, 2.24) is 14.1 Å². The van der Waals surface area contributed by atoms with E-state index >= 15 is 0 Å². The monoisotopic (exact) mass is 337 g/mol. The first-order chi connectivity index (χ1) is 9.99. The van der Waals surface area contributed by atoms with Crippen LogP contribution in [0.5, 0.6) is 0 Å². The van der Waals surface area contributed by atoms with E-state index in [-0.39, 0.29) is 0 Å². The van der Waals surface area contributed by atoms with Crippen molar-refractivity contribution in [2.24, 2.45) is 5.92 Å². The molecule has 0 aromatic carbocycles. The highest BCUT2D eigenvalue weighted by Gasteiger charge is 2.27. The highest BCUT2D eigenvalue weighted by atomic mass is 35.5. The minimum absolute atomic E-state index is 0.480. The molecule has 1 unspecified atom stereocenters. The number of hydrogen-bond acceptors (Lipinski definition) is 4. The first kappa shape index (κ1) is 17.5. The fourth-order valence-electron chi connectivity index (χ4n) is 3.39. The lowest BCUT2D eigenvalue weighted by Gasteiger charge is -2.34. The second-order valence-electron chi connectivity index (χ2n) is 6.31. The molecule has 0 aromatic heterocycles. The third-order valence-corrected chi connectivity index (χ3v) is 5.99. The van der Waals surface area contributed by atoms with Gasteiger partial charge >= 0.3 is 0 Å². The Morgan fingerprint density at radius 3 is 2.48 bits per heavy atom. The average Bonchev–Trinajstić information content (AvgIpc) is 2.64. The van der Waals surface area contributed by atoms with Crippen LogP contribution in [-0.2, 0) is 10.0 Å². The molecule has 2 heterocycles. The number of hydrogen-bond donors (Lipinski definition) is 0. The van der Waals surface area contributed by atoms with Gasteiger partial charge in [-0.05, 0) is 38.3 Å². The molecule has 2 aliphatic heterocycles. The second-order valence-corrected chi connectivity index (χ2v) is 8.67. The Labute approximate surface area is 134 Å². The summed E-state index contributed by atoms with van der Waals surface area (Å²) in [4.78, 5) is 4.93. The fraction of sp³-hybridized carbons (Fsp3) is 1.00. The molecular weight excluding hydrogens is 310 g/mol. The van der Waals surface area contributed by atoms with Crippen LogP contribution in [0.15, 0.2) is 0 Å². The number of alkyl halides is 1. The zero-order valence-electron chi connectivity index (χ0n) is 13.0. The number of halogens is 1. The first-order valence-electron chi connectivity index (χ1n) is 7.95. The predicted molar refractivity (Wildman–Crippen MR) is 87.4 cm³/mol. The summed E-state index contributed by atoms with van der Waals surface area (Å²) in [5, 5.41) is 0. The highest BCUT2D eigenvalue weighted by Crippen LogP contribution is 2.20. The van der Waals surface area contributed by atoms with Crippen molar-refractivity contribution in [3.05, 3.63) is 0 Å². The molecule has 2 aliphatic rings. The number of rotatable bonds is 5. The van der Waals surface area contributed by atoms with Crippen molar-refractivity contribution in [2.75, 3.05) is 64.5 Å². The van der Waals surface area contributed by atoms with Crippen molar-refractivity contribution >= 4 is 21.6 Å². The molecule has 0 aliphatic carbocycles. The summed E-state index contributed by atoms with van der Waals surface area (Å²) in [7, 11) is -3.03. The molecule has 2 fully saturated rings. The first-order valence-corrected chi connectivity index (χ1v) is 10.3. The van der Waals surface area contributed by atoms with Gasteiger partial charge < -0.3 is 9.80 Å². The van der Waals surface area contributed by atoms with Crippen molar-refractivity contribution in [3.8, 4) is 0 Å². The van der Waals surface area contributed by atoms with Crippen molar-refractivity contribution in [1.29, 1.82) is 0 Å². The summed E-state index contributed by atoms with van der Waals surface area (Å²) < 4.78 is 25.0. The van der Waals surface area contributed by atoms with Gasteiger partial charge in [-0.2, -0.15) is 0 Å². The molecule has 0 radical (unpaired) electrons.